The maximum Gasteiger partial charge on any atom is 0.323 e. The normalized spacial score (nSPS) is 17.4. The van der Waals surface area contributed by atoms with Crippen LogP contribution < -0.4 is 20.7 Å². The van der Waals surface area contributed by atoms with Crippen molar-refractivity contribution in [2.45, 2.75) is 39.8 Å². The molecule has 0 saturated carbocycles. The number of aryl methyl sites for hydroxylation is 2. The van der Waals surface area contributed by atoms with Crippen LogP contribution in [0.25, 0.3) is 0 Å². The summed E-state index contributed by atoms with van der Waals surface area (Å²) in [6.07, 6.45) is -0.560. The van der Waals surface area contributed by atoms with E-state index in [0.717, 1.165) is 0 Å². The maximum absolute atomic E-state index is 13.7. The molecule has 4 rings (SSSR count). The highest BCUT2D eigenvalue weighted by Gasteiger charge is 2.35. The Bertz CT molecular complexity index is 1370. The van der Waals surface area contributed by atoms with Gasteiger partial charge in [-0.15, -0.1) is 0 Å². The lowest BCUT2D eigenvalue weighted by Gasteiger charge is -2.38. The predicted molar refractivity (Wildman–Crippen MR) is 154 cm³/mol. The van der Waals surface area contributed by atoms with Crippen molar-refractivity contribution in [1.82, 2.24) is 15.0 Å². The summed E-state index contributed by atoms with van der Waals surface area (Å²) in [6, 6.07) is 12.6. The summed E-state index contributed by atoms with van der Waals surface area (Å²) >= 11 is 0. The fourth-order valence-electron chi connectivity index (χ4n) is 4.58. The molecule has 0 saturated heterocycles. The minimum Gasteiger partial charge on any atom is -0.485 e. The maximum atomic E-state index is 13.7. The van der Waals surface area contributed by atoms with Gasteiger partial charge in [-0.2, -0.15) is 0 Å². The van der Waals surface area contributed by atoms with Gasteiger partial charge in [-0.25, -0.2) is 9.59 Å². The Labute approximate surface area is 238 Å². The van der Waals surface area contributed by atoms with Crippen LogP contribution in [0, 0.1) is 19.8 Å². The van der Waals surface area contributed by atoms with Crippen LogP contribution in [0.3, 0.4) is 0 Å². The molecule has 12 nitrogen and oxygen atoms in total. The van der Waals surface area contributed by atoms with E-state index in [1.807, 2.05) is 25.1 Å². The van der Waals surface area contributed by atoms with Gasteiger partial charge in [0, 0.05) is 25.2 Å². The van der Waals surface area contributed by atoms with E-state index in [1.54, 1.807) is 63.1 Å². The average Bonchev–Trinajstić information content (AvgIpc) is 3.27. The Balaban J connectivity index is 1.63. The molecule has 12 heteroatoms. The highest BCUT2D eigenvalue weighted by Crippen LogP contribution is 2.35. The first-order valence-electron chi connectivity index (χ1n) is 13.4. The second-order valence-electron chi connectivity index (χ2n) is 10.3. The first-order valence-corrected chi connectivity index (χ1v) is 13.4. The van der Waals surface area contributed by atoms with Crippen molar-refractivity contribution in [3.05, 3.63) is 65.5 Å². The van der Waals surface area contributed by atoms with E-state index >= 15 is 0 Å². The second kappa shape index (κ2) is 12.7. The van der Waals surface area contributed by atoms with Crippen LogP contribution in [-0.2, 0) is 0 Å². The van der Waals surface area contributed by atoms with Gasteiger partial charge in [0.2, 0.25) is 0 Å². The number of fused-ring (bicyclic) bond motifs is 1. The summed E-state index contributed by atoms with van der Waals surface area (Å²) < 4.78 is 11.6. The second-order valence-corrected chi connectivity index (χ2v) is 10.3. The van der Waals surface area contributed by atoms with E-state index in [1.165, 1.54) is 4.90 Å². The van der Waals surface area contributed by atoms with Gasteiger partial charge in [-0.1, -0.05) is 36.3 Å². The van der Waals surface area contributed by atoms with E-state index in [9.17, 15) is 19.5 Å². The standard InChI is InChI=1S/C29H36N6O6/c1-17-14-35(18(2)16-36)27(37)22-12-9-13-23(31-28(38)32-25-19(3)33-41-20(25)4)26(22)40-24(17)15-34(5)29(39)30-21-10-7-6-8-11-21/h6-13,17-18,24,36H,14-16H2,1-5H3,(H,30,39)(H2,31,32,38)/t17-,18-,24-/m1/s1. The van der Waals surface area contributed by atoms with Crippen molar-refractivity contribution in [2.24, 2.45) is 5.92 Å². The van der Waals surface area contributed by atoms with Crippen molar-refractivity contribution in [3.8, 4) is 5.75 Å². The number of rotatable bonds is 7. The molecule has 1 aliphatic rings. The summed E-state index contributed by atoms with van der Waals surface area (Å²) in [5.41, 5.74) is 2.12. The van der Waals surface area contributed by atoms with Crippen LogP contribution in [0.4, 0.5) is 26.7 Å². The average molecular weight is 565 g/mol. The number of amides is 5. The molecule has 5 amide bonds. The number of ether oxygens (including phenoxy) is 1. The fourth-order valence-corrected chi connectivity index (χ4v) is 4.58. The molecule has 3 atom stereocenters. The molecule has 218 valence electrons. The zero-order valence-corrected chi connectivity index (χ0v) is 23.8. The topological polar surface area (TPSA) is 149 Å². The molecule has 2 aromatic carbocycles. The van der Waals surface area contributed by atoms with Gasteiger partial charge in [-0.3, -0.25) is 4.79 Å². The van der Waals surface area contributed by atoms with E-state index in [0.29, 0.717) is 29.4 Å². The fraction of sp³-hybridized carbons (Fsp3) is 0.379. The van der Waals surface area contributed by atoms with Gasteiger partial charge in [-0.05, 0) is 45.0 Å². The minimum absolute atomic E-state index is 0.176. The van der Waals surface area contributed by atoms with Crippen LogP contribution in [0.1, 0.15) is 35.7 Å². The Morgan fingerprint density at radius 2 is 1.85 bits per heavy atom. The van der Waals surface area contributed by atoms with Gasteiger partial charge in [0.15, 0.2) is 11.5 Å². The lowest BCUT2D eigenvalue weighted by atomic mass is 9.99. The summed E-state index contributed by atoms with van der Waals surface area (Å²) in [4.78, 5) is 42.7. The first kappa shape index (κ1) is 29.4. The Hall–Kier alpha value is -4.58. The number of nitrogens with one attached hydrogen (secondary N) is 3. The number of anilines is 3. The number of carbonyl (C=O) groups excluding carboxylic acids is 3. The van der Waals surface area contributed by atoms with Crippen LogP contribution in [0.5, 0.6) is 5.75 Å². The number of benzene rings is 2. The van der Waals surface area contributed by atoms with E-state index in [4.69, 9.17) is 9.26 Å². The molecule has 3 aromatic rings. The molecule has 0 aliphatic carbocycles. The molecule has 0 fully saturated rings. The third-order valence-corrected chi connectivity index (χ3v) is 7.04. The van der Waals surface area contributed by atoms with Crippen molar-refractivity contribution >= 4 is 35.0 Å². The molecule has 0 radical (unpaired) electrons. The van der Waals surface area contributed by atoms with Gasteiger partial charge in [0.1, 0.15) is 17.5 Å². The Morgan fingerprint density at radius 3 is 2.51 bits per heavy atom. The van der Waals surface area contributed by atoms with Crippen molar-refractivity contribution in [3.63, 3.8) is 0 Å². The lowest BCUT2D eigenvalue weighted by molar-refractivity contribution is 0.0373. The molecule has 0 unspecified atom stereocenters. The molecule has 41 heavy (non-hydrogen) atoms. The molecular formula is C29H36N6O6. The zero-order valence-electron chi connectivity index (χ0n) is 23.8. The first-order chi connectivity index (χ1) is 19.6. The van der Waals surface area contributed by atoms with Crippen molar-refractivity contribution < 1.29 is 28.8 Å². The third-order valence-electron chi connectivity index (χ3n) is 7.04. The summed E-state index contributed by atoms with van der Waals surface area (Å²) in [5, 5.41) is 22.1. The summed E-state index contributed by atoms with van der Waals surface area (Å²) in [7, 11) is 1.66. The largest absolute Gasteiger partial charge is 0.485 e. The number of aliphatic hydroxyl groups excluding tert-OH is 1. The van der Waals surface area contributed by atoms with Crippen LogP contribution in [0.15, 0.2) is 53.1 Å². The SMILES string of the molecule is Cc1noc(C)c1NC(=O)Nc1cccc2c1O[C@H](CN(C)C(=O)Nc1ccccc1)[C@H](C)CN([C@H](C)CO)C2=O. The molecule has 1 aromatic heterocycles. The highest BCUT2D eigenvalue weighted by atomic mass is 16.5. The predicted octanol–water partition coefficient (Wildman–Crippen LogP) is 4.32. The number of likely N-dealkylation sites (N-methyl/N-ethyl adjacent to an activating group) is 1. The number of carbonyl (C=O) groups is 3. The monoisotopic (exact) mass is 564 g/mol. The molecule has 0 spiro atoms. The third kappa shape index (κ3) is 6.77. The number of aliphatic hydroxyl groups is 1. The van der Waals surface area contributed by atoms with Crippen molar-refractivity contribution in [1.29, 1.82) is 0 Å². The molecule has 0 bridgehead atoms. The number of para-hydroxylation sites is 2. The Kier molecular flexibility index (Phi) is 9.13. The number of nitrogens with zero attached hydrogens (tertiary/aromatic N) is 3. The van der Waals surface area contributed by atoms with Crippen LogP contribution in [0.2, 0.25) is 0 Å². The van der Waals surface area contributed by atoms with Crippen LogP contribution >= 0.6 is 0 Å². The van der Waals surface area contributed by atoms with Gasteiger partial charge in [0.05, 0.1) is 30.4 Å². The number of aromatic nitrogens is 1. The summed E-state index contributed by atoms with van der Waals surface area (Å²) in [6.45, 7) is 7.33. The lowest BCUT2D eigenvalue weighted by Crippen LogP contribution is -2.50. The smallest absolute Gasteiger partial charge is 0.323 e. The highest BCUT2D eigenvalue weighted by molar-refractivity contribution is 6.04. The molecule has 4 N–H and O–H groups in total. The van der Waals surface area contributed by atoms with Gasteiger partial charge >= 0.3 is 12.1 Å². The van der Waals surface area contributed by atoms with E-state index in [2.05, 4.69) is 21.1 Å². The molecular weight excluding hydrogens is 528 g/mol. The number of urea groups is 2. The van der Waals surface area contributed by atoms with Gasteiger partial charge < -0.3 is 40.1 Å². The molecule has 1 aliphatic heterocycles. The molecule has 2 heterocycles. The number of hydrogen-bond donors (Lipinski definition) is 4. The Morgan fingerprint density at radius 1 is 1.12 bits per heavy atom. The van der Waals surface area contributed by atoms with Crippen molar-refractivity contribution in [2.75, 3.05) is 42.7 Å². The summed E-state index contributed by atoms with van der Waals surface area (Å²) in [5.74, 6) is 0.0517. The zero-order chi connectivity index (χ0) is 29.7. The van der Waals surface area contributed by atoms with E-state index < -0.39 is 18.2 Å². The minimum atomic E-state index is -0.574. The van der Waals surface area contributed by atoms with Gasteiger partial charge in [0.25, 0.3) is 5.91 Å². The van der Waals surface area contributed by atoms with Crippen LogP contribution in [-0.4, -0.2) is 76.9 Å². The van der Waals surface area contributed by atoms with E-state index in [-0.39, 0.29) is 48.0 Å². The number of hydrogen-bond acceptors (Lipinski definition) is 7. The quantitative estimate of drug-likeness (QED) is 0.334.